The average molecular weight is 267 g/mol. The molecule has 1 atom stereocenters. The third kappa shape index (κ3) is 3.99. The van der Waals surface area contributed by atoms with Crippen LogP contribution in [0.1, 0.15) is 41.7 Å². The molecule has 7 heteroatoms. The average Bonchev–Trinajstić information content (AvgIpc) is 2.36. The number of carbonyl (C=O) groups is 2. The van der Waals surface area contributed by atoms with Crippen molar-refractivity contribution < 1.29 is 19.8 Å². The highest BCUT2D eigenvalue weighted by molar-refractivity contribution is 5.92. The van der Waals surface area contributed by atoms with E-state index in [4.69, 9.17) is 5.11 Å². The molecule has 104 valence electrons. The summed E-state index contributed by atoms with van der Waals surface area (Å²) in [4.78, 5) is 29.6. The van der Waals surface area contributed by atoms with Crippen molar-refractivity contribution in [3.05, 3.63) is 23.8 Å². The number of rotatable bonds is 5. The van der Waals surface area contributed by atoms with Crippen molar-refractivity contribution in [2.45, 2.75) is 26.4 Å². The molecule has 0 aliphatic carbocycles. The third-order valence-electron chi connectivity index (χ3n) is 2.95. The number of amides is 1. The highest BCUT2D eigenvalue weighted by Crippen LogP contribution is 2.14. The van der Waals surface area contributed by atoms with E-state index >= 15 is 0 Å². The Hall–Kier alpha value is -2.02. The van der Waals surface area contributed by atoms with Crippen LogP contribution in [0.2, 0.25) is 0 Å². The molecule has 0 aromatic carbocycles. The van der Waals surface area contributed by atoms with Gasteiger partial charge in [-0.1, -0.05) is 13.8 Å². The number of aliphatic hydroxyl groups is 1. The quantitative estimate of drug-likeness (QED) is 0.707. The van der Waals surface area contributed by atoms with Gasteiger partial charge in [0.15, 0.2) is 5.69 Å². The summed E-state index contributed by atoms with van der Waals surface area (Å²) in [6.07, 6.45) is 2.10. The maximum absolute atomic E-state index is 11.7. The molecule has 0 saturated heterocycles. The molecular weight excluding hydrogens is 250 g/mol. The SMILES string of the molecule is CC(C)C(C)(O)CNC(=O)c1cnc(C(=O)O)cn1. The maximum atomic E-state index is 11.7. The van der Waals surface area contributed by atoms with Gasteiger partial charge in [0, 0.05) is 6.54 Å². The van der Waals surface area contributed by atoms with Crippen LogP contribution in [0.25, 0.3) is 0 Å². The number of carboxylic acids is 1. The molecule has 0 bridgehead atoms. The van der Waals surface area contributed by atoms with Gasteiger partial charge in [0.05, 0.1) is 18.0 Å². The zero-order valence-electron chi connectivity index (χ0n) is 11.0. The molecular formula is C12H17N3O4. The summed E-state index contributed by atoms with van der Waals surface area (Å²) < 4.78 is 0. The van der Waals surface area contributed by atoms with E-state index in [1.54, 1.807) is 6.92 Å². The van der Waals surface area contributed by atoms with Crippen molar-refractivity contribution in [2.75, 3.05) is 6.54 Å². The maximum Gasteiger partial charge on any atom is 0.356 e. The lowest BCUT2D eigenvalue weighted by molar-refractivity contribution is 0.0142. The number of carbonyl (C=O) groups excluding carboxylic acids is 1. The van der Waals surface area contributed by atoms with Gasteiger partial charge in [0.1, 0.15) is 5.69 Å². The second kappa shape index (κ2) is 5.75. The van der Waals surface area contributed by atoms with Gasteiger partial charge in [0.25, 0.3) is 5.91 Å². The van der Waals surface area contributed by atoms with E-state index in [9.17, 15) is 14.7 Å². The molecule has 1 amide bonds. The highest BCUT2D eigenvalue weighted by Gasteiger charge is 2.25. The Morgan fingerprint density at radius 1 is 1.32 bits per heavy atom. The van der Waals surface area contributed by atoms with Crippen molar-refractivity contribution in [3.63, 3.8) is 0 Å². The van der Waals surface area contributed by atoms with E-state index < -0.39 is 17.5 Å². The smallest absolute Gasteiger partial charge is 0.356 e. The summed E-state index contributed by atoms with van der Waals surface area (Å²) in [5.41, 5.74) is -1.25. The fraction of sp³-hybridized carbons (Fsp3) is 0.500. The van der Waals surface area contributed by atoms with Gasteiger partial charge in [-0.3, -0.25) is 4.79 Å². The van der Waals surface area contributed by atoms with Gasteiger partial charge in [-0.05, 0) is 12.8 Å². The number of aromatic nitrogens is 2. The van der Waals surface area contributed by atoms with Crippen LogP contribution in [0.5, 0.6) is 0 Å². The van der Waals surface area contributed by atoms with Crippen LogP contribution < -0.4 is 5.32 Å². The monoisotopic (exact) mass is 267 g/mol. The van der Waals surface area contributed by atoms with Gasteiger partial charge in [0.2, 0.25) is 0 Å². The van der Waals surface area contributed by atoms with Crippen molar-refractivity contribution in [1.82, 2.24) is 15.3 Å². The van der Waals surface area contributed by atoms with Crippen LogP contribution in [0, 0.1) is 5.92 Å². The van der Waals surface area contributed by atoms with E-state index in [2.05, 4.69) is 15.3 Å². The predicted octanol–water partition coefficient (Wildman–Crippen LogP) is 0.312. The van der Waals surface area contributed by atoms with Crippen LogP contribution >= 0.6 is 0 Å². The molecule has 1 aromatic heterocycles. The Labute approximate surface area is 110 Å². The fourth-order valence-corrected chi connectivity index (χ4v) is 1.11. The Bertz CT molecular complexity index is 468. The first kappa shape index (κ1) is 15.0. The van der Waals surface area contributed by atoms with Crippen LogP contribution in [0.4, 0.5) is 0 Å². The Morgan fingerprint density at radius 2 is 1.84 bits per heavy atom. The molecule has 1 unspecified atom stereocenters. The summed E-state index contributed by atoms with van der Waals surface area (Å²) in [6, 6.07) is 0. The molecule has 0 aliphatic heterocycles. The number of aromatic carboxylic acids is 1. The van der Waals surface area contributed by atoms with Gasteiger partial charge < -0.3 is 15.5 Å². The van der Waals surface area contributed by atoms with Gasteiger partial charge in [-0.15, -0.1) is 0 Å². The zero-order valence-corrected chi connectivity index (χ0v) is 11.0. The first-order valence-corrected chi connectivity index (χ1v) is 5.80. The topological polar surface area (TPSA) is 112 Å². The van der Waals surface area contributed by atoms with E-state index in [1.807, 2.05) is 13.8 Å². The van der Waals surface area contributed by atoms with Crippen molar-refractivity contribution >= 4 is 11.9 Å². The molecule has 0 radical (unpaired) electrons. The zero-order chi connectivity index (χ0) is 14.6. The Kier molecular flexibility index (Phi) is 4.55. The summed E-state index contributed by atoms with van der Waals surface area (Å²) in [7, 11) is 0. The first-order chi connectivity index (χ1) is 8.74. The van der Waals surface area contributed by atoms with Gasteiger partial charge in [-0.2, -0.15) is 0 Å². The van der Waals surface area contributed by atoms with Crippen molar-refractivity contribution in [1.29, 1.82) is 0 Å². The van der Waals surface area contributed by atoms with E-state index in [-0.39, 0.29) is 23.9 Å². The standard InChI is InChI=1S/C12H17N3O4/c1-7(2)12(3,19)6-15-10(16)8-4-14-9(5-13-8)11(17)18/h4-5,7,19H,6H2,1-3H3,(H,15,16)(H,17,18). The molecule has 0 spiro atoms. The molecule has 1 rings (SSSR count). The summed E-state index contributed by atoms with van der Waals surface area (Å²) in [5, 5.41) is 21.2. The summed E-state index contributed by atoms with van der Waals surface area (Å²) >= 11 is 0. The van der Waals surface area contributed by atoms with Gasteiger partial charge in [-0.25, -0.2) is 14.8 Å². The van der Waals surface area contributed by atoms with Crippen LogP contribution in [0.3, 0.4) is 0 Å². The molecule has 19 heavy (non-hydrogen) atoms. The lowest BCUT2D eigenvalue weighted by atomic mass is 9.92. The minimum atomic E-state index is -1.21. The van der Waals surface area contributed by atoms with Crippen LogP contribution in [0.15, 0.2) is 12.4 Å². The second-order valence-corrected chi connectivity index (χ2v) is 4.79. The summed E-state index contributed by atoms with van der Waals surface area (Å²) in [6.45, 7) is 5.38. The Morgan fingerprint density at radius 3 is 2.26 bits per heavy atom. The number of carboxylic acid groups (broad SMARTS) is 1. The van der Waals surface area contributed by atoms with E-state index in [0.717, 1.165) is 12.4 Å². The Balaban J connectivity index is 2.66. The normalized spacial score (nSPS) is 13.9. The minimum Gasteiger partial charge on any atom is -0.476 e. The fourth-order valence-electron chi connectivity index (χ4n) is 1.11. The molecule has 0 aliphatic rings. The van der Waals surface area contributed by atoms with Crippen molar-refractivity contribution in [3.8, 4) is 0 Å². The van der Waals surface area contributed by atoms with E-state index in [0.29, 0.717) is 0 Å². The highest BCUT2D eigenvalue weighted by atomic mass is 16.4. The van der Waals surface area contributed by atoms with Crippen LogP contribution in [-0.4, -0.2) is 44.2 Å². The van der Waals surface area contributed by atoms with Gasteiger partial charge >= 0.3 is 5.97 Å². The molecule has 1 heterocycles. The molecule has 1 aromatic rings. The minimum absolute atomic E-state index is 0.00422. The molecule has 0 fully saturated rings. The molecule has 7 nitrogen and oxygen atoms in total. The summed E-state index contributed by atoms with van der Waals surface area (Å²) in [5.74, 6) is -1.74. The van der Waals surface area contributed by atoms with Crippen molar-refractivity contribution in [2.24, 2.45) is 5.92 Å². The number of nitrogens with one attached hydrogen (secondary N) is 1. The largest absolute Gasteiger partial charge is 0.476 e. The second-order valence-electron chi connectivity index (χ2n) is 4.79. The molecule has 3 N–H and O–H groups in total. The lowest BCUT2D eigenvalue weighted by Gasteiger charge is -2.27. The van der Waals surface area contributed by atoms with Crippen LogP contribution in [-0.2, 0) is 0 Å². The number of hydrogen-bond donors (Lipinski definition) is 3. The van der Waals surface area contributed by atoms with E-state index in [1.165, 1.54) is 0 Å². The first-order valence-electron chi connectivity index (χ1n) is 5.80. The molecule has 0 saturated carbocycles. The predicted molar refractivity (Wildman–Crippen MR) is 66.8 cm³/mol. The third-order valence-corrected chi connectivity index (χ3v) is 2.95. The number of nitrogens with zero attached hydrogens (tertiary/aromatic N) is 2. The lowest BCUT2D eigenvalue weighted by Crippen LogP contribution is -2.44. The number of hydrogen-bond acceptors (Lipinski definition) is 5.